The summed E-state index contributed by atoms with van der Waals surface area (Å²) in [7, 11) is 0. The quantitative estimate of drug-likeness (QED) is 0.787. The lowest BCUT2D eigenvalue weighted by atomic mass is 10.2. The molecule has 0 atom stereocenters. The molecule has 0 aliphatic heterocycles. The van der Waals surface area contributed by atoms with Crippen LogP contribution in [-0.4, -0.2) is 26.5 Å². The van der Waals surface area contributed by atoms with Gasteiger partial charge in [-0.15, -0.1) is 16.9 Å². The van der Waals surface area contributed by atoms with Crippen LogP contribution in [0.2, 0.25) is 0 Å². The van der Waals surface area contributed by atoms with Crippen molar-refractivity contribution in [1.29, 1.82) is 0 Å². The molecule has 1 aromatic carbocycles. The van der Waals surface area contributed by atoms with Crippen molar-refractivity contribution in [2.75, 3.05) is 6.26 Å². The third kappa shape index (κ3) is 2.70. The summed E-state index contributed by atoms with van der Waals surface area (Å²) in [4.78, 5) is 1.30. The van der Waals surface area contributed by atoms with E-state index >= 15 is 0 Å². The molecular formula is C12H14N4S2. The first kappa shape index (κ1) is 12.0. The average molecular weight is 278 g/mol. The molecule has 2 aromatic rings. The number of nitrogens with zero attached hydrogens (tertiary/aromatic N) is 4. The van der Waals surface area contributed by atoms with Crippen molar-refractivity contribution in [1.82, 2.24) is 20.2 Å². The van der Waals surface area contributed by atoms with Crippen molar-refractivity contribution in [2.24, 2.45) is 0 Å². The van der Waals surface area contributed by atoms with Gasteiger partial charge in [0.15, 0.2) is 0 Å². The van der Waals surface area contributed by atoms with Crippen molar-refractivity contribution in [3.8, 4) is 0 Å². The minimum Gasteiger partial charge on any atom is -0.217 e. The van der Waals surface area contributed by atoms with Crippen LogP contribution >= 0.6 is 23.5 Å². The minimum absolute atomic E-state index is 0.543. The summed E-state index contributed by atoms with van der Waals surface area (Å²) in [6.07, 6.45) is 4.51. The van der Waals surface area contributed by atoms with Crippen LogP contribution in [0, 0.1) is 0 Å². The first-order chi connectivity index (χ1) is 8.86. The molecule has 1 saturated carbocycles. The Hall–Kier alpha value is -1.01. The molecule has 0 saturated heterocycles. The number of rotatable bonds is 5. The van der Waals surface area contributed by atoms with Gasteiger partial charge in [0, 0.05) is 10.6 Å². The van der Waals surface area contributed by atoms with Crippen LogP contribution in [0.5, 0.6) is 0 Å². The second-order valence-corrected chi connectivity index (χ2v) is 6.10. The van der Waals surface area contributed by atoms with Crippen LogP contribution in [0.1, 0.15) is 24.4 Å². The Kier molecular flexibility index (Phi) is 3.56. The Morgan fingerprint density at radius 1 is 1.28 bits per heavy atom. The molecule has 0 N–H and O–H groups in total. The highest BCUT2D eigenvalue weighted by Gasteiger charge is 2.27. The van der Waals surface area contributed by atoms with Crippen molar-refractivity contribution >= 4 is 23.5 Å². The molecular weight excluding hydrogens is 264 g/mol. The maximum Gasteiger partial charge on any atom is 0.209 e. The van der Waals surface area contributed by atoms with Gasteiger partial charge < -0.3 is 0 Å². The largest absolute Gasteiger partial charge is 0.217 e. The first-order valence-electron chi connectivity index (χ1n) is 5.90. The molecule has 1 fully saturated rings. The fourth-order valence-electron chi connectivity index (χ4n) is 1.70. The number of hydrogen-bond donors (Lipinski definition) is 0. The fourth-order valence-corrected chi connectivity index (χ4v) is 3.01. The molecule has 0 amide bonds. The number of benzene rings is 1. The molecule has 1 heterocycles. The monoisotopic (exact) mass is 278 g/mol. The van der Waals surface area contributed by atoms with E-state index in [1.165, 1.54) is 23.3 Å². The van der Waals surface area contributed by atoms with Gasteiger partial charge in [0.1, 0.15) is 0 Å². The Morgan fingerprint density at radius 2 is 2.06 bits per heavy atom. The molecule has 0 radical (unpaired) electrons. The number of thioether (sulfide) groups is 2. The summed E-state index contributed by atoms with van der Waals surface area (Å²) in [5.74, 6) is 0.918. The van der Waals surface area contributed by atoms with Crippen molar-refractivity contribution in [3.05, 3.63) is 29.8 Å². The summed E-state index contributed by atoms with van der Waals surface area (Å²) < 4.78 is 1.96. The highest BCUT2D eigenvalue weighted by Crippen LogP contribution is 2.36. The predicted octanol–water partition coefficient (Wildman–Crippen LogP) is 3.02. The lowest BCUT2D eigenvalue weighted by molar-refractivity contribution is 0.565. The molecule has 0 unspecified atom stereocenters. The molecule has 0 spiro atoms. The summed E-state index contributed by atoms with van der Waals surface area (Å²) >= 11 is 3.47. The van der Waals surface area contributed by atoms with E-state index in [1.54, 1.807) is 23.5 Å². The zero-order valence-electron chi connectivity index (χ0n) is 10.1. The van der Waals surface area contributed by atoms with Crippen LogP contribution < -0.4 is 0 Å². The summed E-state index contributed by atoms with van der Waals surface area (Å²) in [6, 6.07) is 9.20. The van der Waals surface area contributed by atoms with E-state index in [1.807, 2.05) is 4.68 Å². The molecule has 4 nitrogen and oxygen atoms in total. The second kappa shape index (κ2) is 5.32. The van der Waals surface area contributed by atoms with Crippen LogP contribution in [0.15, 0.2) is 34.3 Å². The SMILES string of the molecule is CSc1ccc(CSc2nnnn2C2CC2)cc1. The van der Waals surface area contributed by atoms with E-state index in [4.69, 9.17) is 0 Å². The van der Waals surface area contributed by atoms with Crippen LogP contribution in [0.25, 0.3) is 0 Å². The highest BCUT2D eigenvalue weighted by atomic mass is 32.2. The maximum atomic E-state index is 4.09. The van der Waals surface area contributed by atoms with E-state index in [9.17, 15) is 0 Å². The molecule has 3 rings (SSSR count). The summed E-state index contributed by atoms with van der Waals surface area (Å²) in [6.45, 7) is 0. The summed E-state index contributed by atoms with van der Waals surface area (Å²) in [5.41, 5.74) is 1.31. The fraction of sp³-hybridized carbons (Fsp3) is 0.417. The van der Waals surface area contributed by atoms with E-state index in [0.29, 0.717) is 6.04 Å². The Morgan fingerprint density at radius 3 is 2.72 bits per heavy atom. The predicted molar refractivity (Wildman–Crippen MR) is 73.9 cm³/mol. The molecule has 1 aliphatic rings. The van der Waals surface area contributed by atoms with Crippen molar-refractivity contribution in [3.63, 3.8) is 0 Å². The average Bonchev–Trinajstić information content (AvgIpc) is 3.16. The number of aromatic nitrogens is 4. The van der Waals surface area contributed by atoms with Gasteiger partial charge in [-0.25, -0.2) is 4.68 Å². The molecule has 0 bridgehead atoms. The van der Waals surface area contributed by atoms with Crippen LogP contribution in [0.3, 0.4) is 0 Å². The third-order valence-corrected chi connectivity index (χ3v) is 4.63. The zero-order chi connectivity index (χ0) is 12.4. The molecule has 1 aliphatic carbocycles. The lowest BCUT2D eigenvalue weighted by Crippen LogP contribution is -1.98. The van der Waals surface area contributed by atoms with Gasteiger partial charge in [-0.1, -0.05) is 23.9 Å². The zero-order valence-corrected chi connectivity index (χ0v) is 11.7. The van der Waals surface area contributed by atoms with Gasteiger partial charge in [-0.3, -0.25) is 0 Å². The Balaban J connectivity index is 1.64. The highest BCUT2D eigenvalue weighted by molar-refractivity contribution is 7.98. The van der Waals surface area contributed by atoms with Crippen molar-refractivity contribution in [2.45, 2.75) is 34.7 Å². The molecule has 94 valence electrons. The normalized spacial score (nSPS) is 14.9. The third-order valence-electron chi connectivity index (χ3n) is 2.88. The van der Waals surface area contributed by atoms with E-state index in [0.717, 1.165) is 10.9 Å². The van der Waals surface area contributed by atoms with Gasteiger partial charge in [0.25, 0.3) is 0 Å². The lowest BCUT2D eigenvalue weighted by Gasteiger charge is -2.03. The van der Waals surface area contributed by atoms with E-state index in [-0.39, 0.29) is 0 Å². The standard InChI is InChI=1S/C12H14N4S2/c1-17-11-6-2-9(3-7-11)8-18-12-13-14-15-16(12)10-4-5-10/h2-3,6-7,10H,4-5,8H2,1H3. The maximum absolute atomic E-state index is 4.09. The number of tetrazole rings is 1. The van der Waals surface area contributed by atoms with Gasteiger partial charge >= 0.3 is 0 Å². The minimum atomic E-state index is 0.543. The number of hydrogen-bond acceptors (Lipinski definition) is 5. The first-order valence-corrected chi connectivity index (χ1v) is 8.11. The Bertz CT molecular complexity index is 519. The second-order valence-electron chi connectivity index (χ2n) is 4.27. The molecule has 18 heavy (non-hydrogen) atoms. The molecule has 6 heteroatoms. The smallest absolute Gasteiger partial charge is 0.209 e. The van der Waals surface area contributed by atoms with Gasteiger partial charge in [0.05, 0.1) is 6.04 Å². The van der Waals surface area contributed by atoms with Crippen LogP contribution in [0.4, 0.5) is 0 Å². The van der Waals surface area contributed by atoms with Crippen LogP contribution in [-0.2, 0) is 5.75 Å². The van der Waals surface area contributed by atoms with Gasteiger partial charge in [-0.2, -0.15) is 0 Å². The topological polar surface area (TPSA) is 43.6 Å². The van der Waals surface area contributed by atoms with E-state index < -0.39 is 0 Å². The van der Waals surface area contributed by atoms with Gasteiger partial charge in [-0.05, 0) is 47.2 Å². The Labute approximate surface area is 115 Å². The van der Waals surface area contributed by atoms with Crippen molar-refractivity contribution < 1.29 is 0 Å². The summed E-state index contributed by atoms with van der Waals surface area (Å²) in [5, 5.41) is 12.8. The van der Waals surface area contributed by atoms with Gasteiger partial charge in [0.2, 0.25) is 5.16 Å². The molecule has 1 aromatic heterocycles. The van der Waals surface area contributed by atoms with E-state index in [2.05, 4.69) is 46.0 Å².